The quantitative estimate of drug-likeness (QED) is 0.740. The first kappa shape index (κ1) is 21.4. The molecular formula is C16H25ClN2O5S2. The summed E-state index contributed by atoms with van der Waals surface area (Å²) in [6, 6.07) is 4.31. The second kappa shape index (κ2) is 7.63. The number of hydrogen-bond acceptors (Lipinski definition) is 6. The SMILES string of the molecule is COc1ccc(S(=O)(=O)NC2C3CC(N)CC2CS(=O)(=O)C3)c(C)c1.Cl. The van der Waals surface area contributed by atoms with Crippen molar-refractivity contribution in [2.24, 2.45) is 17.6 Å². The summed E-state index contributed by atoms with van der Waals surface area (Å²) in [5.41, 5.74) is 6.60. The van der Waals surface area contributed by atoms with Crippen molar-refractivity contribution in [3.8, 4) is 5.75 Å². The van der Waals surface area contributed by atoms with Gasteiger partial charge in [-0.15, -0.1) is 12.4 Å². The normalized spacial score (nSPS) is 30.3. The van der Waals surface area contributed by atoms with Crippen molar-refractivity contribution >= 4 is 32.3 Å². The van der Waals surface area contributed by atoms with Gasteiger partial charge in [0.1, 0.15) is 5.75 Å². The summed E-state index contributed by atoms with van der Waals surface area (Å²) in [6.07, 6.45) is 1.04. The van der Waals surface area contributed by atoms with Gasteiger partial charge in [0.05, 0.1) is 23.5 Å². The smallest absolute Gasteiger partial charge is 0.241 e. The highest BCUT2D eigenvalue weighted by Crippen LogP contribution is 2.36. The van der Waals surface area contributed by atoms with Crippen molar-refractivity contribution in [3.05, 3.63) is 23.8 Å². The minimum Gasteiger partial charge on any atom is -0.497 e. The molecule has 0 aromatic heterocycles. The van der Waals surface area contributed by atoms with Crippen molar-refractivity contribution in [1.29, 1.82) is 0 Å². The van der Waals surface area contributed by atoms with Gasteiger partial charge in [0, 0.05) is 12.1 Å². The van der Waals surface area contributed by atoms with Crippen molar-refractivity contribution in [1.82, 2.24) is 4.72 Å². The molecule has 1 heterocycles. The van der Waals surface area contributed by atoms with E-state index >= 15 is 0 Å². The van der Waals surface area contributed by atoms with Crippen LogP contribution in [-0.4, -0.2) is 47.5 Å². The van der Waals surface area contributed by atoms with Gasteiger partial charge in [-0.1, -0.05) is 0 Å². The molecule has 1 saturated carbocycles. The molecule has 2 unspecified atom stereocenters. The van der Waals surface area contributed by atoms with E-state index in [1.54, 1.807) is 19.1 Å². The zero-order valence-electron chi connectivity index (χ0n) is 14.7. The third-order valence-electron chi connectivity index (χ3n) is 5.13. The van der Waals surface area contributed by atoms with E-state index in [1.807, 2.05) is 0 Å². The van der Waals surface area contributed by atoms with E-state index in [1.165, 1.54) is 13.2 Å². The predicted octanol–water partition coefficient (Wildman–Crippen LogP) is 0.854. The Morgan fingerprint density at radius 1 is 1.19 bits per heavy atom. The van der Waals surface area contributed by atoms with Gasteiger partial charge in [0.25, 0.3) is 0 Å². The fourth-order valence-electron chi connectivity index (χ4n) is 4.10. The molecule has 2 bridgehead atoms. The summed E-state index contributed by atoms with van der Waals surface area (Å²) in [5.74, 6) is 0.0162. The van der Waals surface area contributed by atoms with Crippen molar-refractivity contribution < 1.29 is 21.6 Å². The van der Waals surface area contributed by atoms with Gasteiger partial charge in [-0.2, -0.15) is 0 Å². The molecular weight excluding hydrogens is 400 g/mol. The van der Waals surface area contributed by atoms with E-state index in [9.17, 15) is 16.8 Å². The number of nitrogens with one attached hydrogen (secondary N) is 1. The molecule has 3 rings (SSSR count). The van der Waals surface area contributed by atoms with Crippen LogP contribution in [0.1, 0.15) is 18.4 Å². The number of halogens is 1. The van der Waals surface area contributed by atoms with Crippen LogP contribution >= 0.6 is 12.4 Å². The lowest BCUT2D eigenvalue weighted by Crippen LogP contribution is -2.58. The largest absolute Gasteiger partial charge is 0.497 e. The first-order chi connectivity index (χ1) is 11.6. The zero-order chi connectivity index (χ0) is 18.4. The van der Waals surface area contributed by atoms with Crippen LogP contribution in [0.4, 0.5) is 0 Å². The lowest BCUT2D eigenvalue weighted by molar-refractivity contribution is 0.203. The van der Waals surface area contributed by atoms with Gasteiger partial charge in [0.15, 0.2) is 9.84 Å². The number of ether oxygens (including phenoxy) is 1. The number of hydrogen-bond donors (Lipinski definition) is 2. The summed E-state index contributed by atoms with van der Waals surface area (Å²) < 4.78 is 57.7. The maximum Gasteiger partial charge on any atom is 0.241 e. The fraction of sp³-hybridized carbons (Fsp3) is 0.625. The van der Waals surface area contributed by atoms with E-state index in [2.05, 4.69) is 4.72 Å². The van der Waals surface area contributed by atoms with Crippen LogP contribution in [0.25, 0.3) is 0 Å². The molecule has 3 N–H and O–H groups in total. The fourth-order valence-corrected chi connectivity index (χ4v) is 7.83. The molecule has 0 spiro atoms. The number of rotatable bonds is 4. The summed E-state index contributed by atoms with van der Waals surface area (Å²) in [5, 5.41) is 0. The highest BCUT2D eigenvalue weighted by Gasteiger charge is 2.46. The van der Waals surface area contributed by atoms with Crippen LogP contribution in [-0.2, 0) is 19.9 Å². The van der Waals surface area contributed by atoms with Gasteiger partial charge in [0.2, 0.25) is 10.0 Å². The Bertz CT molecular complexity index is 851. The molecule has 2 fully saturated rings. The Morgan fingerprint density at radius 2 is 1.77 bits per heavy atom. The van der Waals surface area contributed by atoms with Crippen LogP contribution in [0.2, 0.25) is 0 Å². The van der Waals surface area contributed by atoms with Crippen LogP contribution in [0, 0.1) is 18.8 Å². The van der Waals surface area contributed by atoms with E-state index in [4.69, 9.17) is 10.5 Å². The van der Waals surface area contributed by atoms with Gasteiger partial charge >= 0.3 is 0 Å². The van der Waals surface area contributed by atoms with Gasteiger partial charge in [-0.25, -0.2) is 21.6 Å². The Balaban J connectivity index is 0.00000243. The summed E-state index contributed by atoms with van der Waals surface area (Å²) in [7, 11) is -5.37. The van der Waals surface area contributed by atoms with Crippen molar-refractivity contribution in [2.75, 3.05) is 18.6 Å². The second-order valence-electron chi connectivity index (χ2n) is 7.11. The minimum absolute atomic E-state index is 0. The highest BCUT2D eigenvalue weighted by atomic mass is 35.5. The molecule has 1 aliphatic heterocycles. The molecule has 1 aliphatic carbocycles. The van der Waals surface area contributed by atoms with Gasteiger partial charge in [-0.05, 0) is 55.4 Å². The third-order valence-corrected chi connectivity index (χ3v) is 8.62. The maximum atomic E-state index is 12.9. The number of sulfonamides is 1. The lowest BCUT2D eigenvalue weighted by Gasteiger charge is -2.44. The summed E-state index contributed by atoms with van der Waals surface area (Å²) in [4.78, 5) is 0.184. The standard InChI is InChI=1S/C16H24N2O5S2.ClH/c1-10-5-14(23-2)3-4-15(10)25(21,22)18-16-11-6-13(17)7-12(16)9-24(19,20)8-11;/h3-5,11-13,16,18H,6-9,17H2,1-2H3;1H. The molecule has 0 radical (unpaired) electrons. The van der Waals surface area contributed by atoms with Crippen molar-refractivity contribution in [3.63, 3.8) is 0 Å². The number of sulfone groups is 1. The van der Waals surface area contributed by atoms with Crippen LogP contribution < -0.4 is 15.2 Å². The van der Waals surface area contributed by atoms with E-state index < -0.39 is 25.9 Å². The van der Waals surface area contributed by atoms with Crippen LogP contribution in [0.5, 0.6) is 5.75 Å². The molecule has 2 aliphatic rings. The molecule has 10 heteroatoms. The molecule has 1 aromatic carbocycles. The second-order valence-corrected chi connectivity index (χ2v) is 10.9. The van der Waals surface area contributed by atoms with Crippen LogP contribution in [0.3, 0.4) is 0 Å². The third kappa shape index (κ3) is 4.33. The molecule has 7 nitrogen and oxygen atoms in total. The number of benzene rings is 1. The molecule has 148 valence electrons. The van der Waals surface area contributed by atoms with Gasteiger partial charge < -0.3 is 10.5 Å². The van der Waals surface area contributed by atoms with E-state index in [0.29, 0.717) is 24.2 Å². The monoisotopic (exact) mass is 424 g/mol. The number of methoxy groups -OCH3 is 1. The number of aryl methyl sites for hydroxylation is 1. The number of fused-ring (bicyclic) bond motifs is 2. The van der Waals surface area contributed by atoms with Crippen LogP contribution in [0.15, 0.2) is 23.1 Å². The minimum atomic E-state index is -3.75. The summed E-state index contributed by atoms with van der Waals surface area (Å²) >= 11 is 0. The Morgan fingerprint density at radius 3 is 2.27 bits per heavy atom. The molecule has 2 atom stereocenters. The lowest BCUT2D eigenvalue weighted by atomic mass is 9.76. The molecule has 26 heavy (non-hydrogen) atoms. The Kier molecular flexibility index (Phi) is 6.29. The average molecular weight is 425 g/mol. The predicted molar refractivity (Wildman–Crippen MR) is 102 cm³/mol. The average Bonchev–Trinajstić information content (AvgIpc) is 2.47. The maximum absolute atomic E-state index is 12.9. The summed E-state index contributed by atoms with van der Waals surface area (Å²) in [6.45, 7) is 1.71. The molecule has 1 aromatic rings. The van der Waals surface area contributed by atoms with Crippen molar-refractivity contribution in [2.45, 2.75) is 36.7 Å². The Hall–Kier alpha value is -0.870. The van der Waals surface area contributed by atoms with Gasteiger partial charge in [-0.3, -0.25) is 0 Å². The highest BCUT2D eigenvalue weighted by molar-refractivity contribution is 7.91. The molecule has 1 saturated heterocycles. The topological polar surface area (TPSA) is 116 Å². The molecule has 0 amide bonds. The van der Waals surface area contributed by atoms with E-state index in [0.717, 1.165) is 0 Å². The van der Waals surface area contributed by atoms with E-state index in [-0.39, 0.29) is 46.7 Å². The number of nitrogens with two attached hydrogens (primary N) is 1. The zero-order valence-corrected chi connectivity index (χ0v) is 17.2. The first-order valence-electron chi connectivity index (χ1n) is 8.24. The first-order valence-corrected chi connectivity index (χ1v) is 11.5. The Labute approximate surface area is 161 Å².